The van der Waals surface area contributed by atoms with Gasteiger partial charge in [0.2, 0.25) is 0 Å². The van der Waals surface area contributed by atoms with Crippen LogP contribution in [-0.2, 0) is 27.8 Å². The fourth-order valence-electron chi connectivity index (χ4n) is 2.31. The normalized spacial score (nSPS) is 26.2. The molecule has 0 heterocycles. The molecule has 0 amide bonds. The van der Waals surface area contributed by atoms with Gasteiger partial charge in [-0.1, -0.05) is 12.8 Å². The molecule has 1 aliphatic carbocycles. The molecular formula is C12H22O10P2. The number of aliphatic carboxylic acids is 2. The maximum absolute atomic E-state index is 11.9. The second-order valence-corrected chi connectivity index (χ2v) is 9.45. The molecule has 140 valence electrons. The second-order valence-electron chi connectivity index (χ2n) is 5.58. The van der Waals surface area contributed by atoms with Gasteiger partial charge in [0.05, 0.1) is 37.4 Å². The van der Waals surface area contributed by atoms with Crippen molar-refractivity contribution < 1.29 is 47.8 Å². The fraction of sp³-hybridized carbons (Fsp3) is 0.833. The third-order valence-electron chi connectivity index (χ3n) is 3.46. The van der Waals surface area contributed by atoms with E-state index >= 15 is 0 Å². The molecule has 0 aliphatic heterocycles. The standard InChI is InChI=1S/C12H22O10P2/c13-11(14)5-7-23(17,18)21-9-3-1-2-4-10(9)22-24(19,20)8-6-12(15)16/h9-10H,1-8H2,(H,13,14)(H,15,16)(H,17,18)(H,19,20). The Hall–Kier alpha value is -0.760. The Morgan fingerprint density at radius 3 is 1.46 bits per heavy atom. The Labute approximate surface area is 138 Å². The summed E-state index contributed by atoms with van der Waals surface area (Å²) in [6.07, 6.45) is -2.10. The van der Waals surface area contributed by atoms with E-state index in [1.54, 1.807) is 0 Å². The molecule has 1 fully saturated rings. The number of hydrogen-bond acceptors (Lipinski definition) is 6. The lowest BCUT2D eigenvalue weighted by molar-refractivity contribution is -0.137. The first-order valence-corrected chi connectivity index (χ1v) is 11.0. The van der Waals surface area contributed by atoms with Crippen molar-refractivity contribution in [3.63, 3.8) is 0 Å². The molecule has 4 atom stereocenters. The Bertz CT molecular complexity index is 500. The molecule has 4 N–H and O–H groups in total. The molecule has 1 rings (SSSR count). The molecule has 0 radical (unpaired) electrons. The first-order chi connectivity index (χ1) is 11.0. The summed E-state index contributed by atoms with van der Waals surface area (Å²) in [5, 5.41) is 17.1. The average Bonchev–Trinajstić information content (AvgIpc) is 2.45. The van der Waals surface area contributed by atoms with E-state index in [9.17, 15) is 28.5 Å². The van der Waals surface area contributed by atoms with Crippen LogP contribution in [0, 0.1) is 0 Å². The SMILES string of the molecule is O=C(O)CCP(=O)(O)OC1CCCCC1OP(=O)(O)CCC(=O)O. The van der Waals surface area contributed by atoms with Gasteiger partial charge in [0.25, 0.3) is 0 Å². The Balaban J connectivity index is 2.67. The predicted molar refractivity (Wildman–Crippen MR) is 82.1 cm³/mol. The first kappa shape index (κ1) is 21.3. The summed E-state index contributed by atoms with van der Waals surface area (Å²) in [5.41, 5.74) is 0. The summed E-state index contributed by atoms with van der Waals surface area (Å²) in [5.74, 6) is -2.48. The van der Waals surface area contributed by atoms with Crippen molar-refractivity contribution in [2.24, 2.45) is 0 Å². The van der Waals surface area contributed by atoms with Gasteiger partial charge in [0.15, 0.2) is 0 Å². The van der Waals surface area contributed by atoms with Crippen molar-refractivity contribution in [3.05, 3.63) is 0 Å². The third kappa shape index (κ3) is 8.37. The lowest BCUT2D eigenvalue weighted by atomic mass is 9.95. The van der Waals surface area contributed by atoms with E-state index in [-0.39, 0.29) is 0 Å². The van der Waals surface area contributed by atoms with Crippen LogP contribution in [0.4, 0.5) is 0 Å². The third-order valence-corrected chi connectivity index (χ3v) is 6.24. The summed E-state index contributed by atoms with van der Waals surface area (Å²) in [6.45, 7) is 0. The minimum absolute atomic E-state index is 0.321. The second kappa shape index (κ2) is 9.08. The highest BCUT2D eigenvalue weighted by Crippen LogP contribution is 2.50. The van der Waals surface area contributed by atoms with Crippen molar-refractivity contribution in [3.8, 4) is 0 Å². The summed E-state index contributed by atoms with van der Waals surface area (Å²) < 4.78 is 34.0. The van der Waals surface area contributed by atoms with Crippen LogP contribution in [0.1, 0.15) is 38.5 Å². The largest absolute Gasteiger partial charge is 0.481 e. The Morgan fingerprint density at radius 2 is 1.17 bits per heavy atom. The topological polar surface area (TPSA) is 168 Å². The molecular weight excluding hydrogens is 366 g/mol. The minimum atomic E-state index is -4.18. The van der Waals surface area contributed by atoms with Gasteiger partial charge in [-0.05, 0) is 12.8 Å². The highest BCUT2D eigenvalue weighted by Gasteiger charge is 2.37. The first-order valence-electron chi connectivity index (χ1n) is 7.45. The van der Waals surface area contributed by atoms with Gasteiger partial charge in [-0.3, -0.25) is 18.7 Å². The van der Waals surface area contributed by atoms with Crippen molar-refractivity contribution >= 4 is 27.1 Å². The van der Waals surface area contributed by atoms with Gasteiger partial charge in [-0.2, -0.15) is 0 Å². The van der Waals surface area contributed by atoms with E-state index in [1.165, 1.54) is 0 Å². The summed E-state index contributed by atoms with van der Waals surface area (Å²) >= 11 is 0. The van der Waals surface area contributed by atoms with Crippen molar-refractivity contribution in [1.82, 2.24) is 0 Å². The maximum Gasteiger partial charge on any atom is 0.329 e. The number of rotatable bonds is 10. The smallest absolute Gasteiger partial charge is 0.329 e. The highest BCUT2D eigenvalue weighted by molar-refractivity contribution is 7.53. The molecule has 0 aromatic carbocycles. The molecule has 12 heteroatoms. The molecule has 0 spiro atoms. The highest BCUT2D eigenvalue weighted by atomic mass is 31.2. The van der Waals surface area contributed by atoms with E-state index in [1.807, 2.05) is 0 Å². The zero-order valence-corrected chi connectivity index (χ0v) is 14.7. The maximum atomic E-state index is 11.9. The molecule has 4 unspecified atom stereocenters. The number of carboxylic acid groups (broad SMARTS) is 2. The summed E-state index contributed by atoms with van der Waals surface area (Å²) in [4.78, 5) is 40.4. The molecule has 10 nitrogen and oxygen atoms in total. The van der Waals surface area contributed by atoms with E-state index in [4.69, 9.17) is 19.3 Å². The average molecular weight is 388 g/mol. The van der Waals surface area contributed by atoms with Gasteiger partial charge in [-0.15, -0.1) is 0 Å². The van der Waals surface area contributed by atoms with E-state index in [0.717, 1.165) is 0 Å². The van der Waals surface area contributed by atoms with Gasteiger partial charge in [0, 0.05) is 0 Å². The monoisotopic (exact) mass is 388 g/mol. The lowest BCUT2D eigenvalue weighted by Crippen LogP contribution is -2.34. The van der Waals surface area contributed by atoms with Crippen LogP contribution < -0.4 is 0 Å². The van der Waals surface area contributed by atoms with Crippen LogP contribution in [0.15, 0.2) is 0 Å². The summed E-state index contributed by atoms with van der Waals surface area (Å²) in [7, 11) is -8.35. The van der Waals surface area contributed by atoms with Crippen molar-refractivity contribution in [1.29, 1.82) is 0 Å². The zero-order valence-electron chi connectivity index (χ0n) is 12.9. The van der Waals surface area contributed by atoms with Crippen LogP contribution in [0.2, 0.25) is 0 Å². The minimum Gasteiger partial charge on any atom is -0.481 e. The van der Waals surface area contributed by atoms with Crippen LogP contribution in [-0.4, -0.2) is 56.5 Å². The molecule has 0 aromatic heterocycles. The Kier molecular flexibility index (Phi) is 8.05. The van der Waals surface area contributed by atoms with Crippen LogP contribution in [0.25, 0.3) is 0 Å². The molecule has 0 saturated heterocycles. The van der Waals surface area contributed by atoms with Gasteiger partial charge >= 0.3 is 27.1 Å². The van der Waals surface area contributed by atoms with Gasteiger partial charge in [0.1, 0.15) is 0 Å². The van der Waals surface area contributed by atoms with E-state index in [2.05, 4.69) is 0 Å². The van der Waals surface area contributed by atoms with E-state index in [0.29, 0.717) is 25.7 Å². The molecule has 24 heavy (non-hydrogen) atoms. The summed E-state index contributed by atoms with van der Waals surface area (Å²) in [6, 6.07) is 0. The number of carbonyl (C=O) groups is 2. The number of carboxylic acids is 2. The van der Waals surface area contributed by atoms with Crippen molar-refractivity contribution in [2.75, 3.05) is 12.3 Å². The van der Waals surface area contributed by atoms with Gasteiger partial charge in [-0.25, -0.2) is 0 Å². The molecule has 1 aliphatic rings. The number of hydrogen-bond donors (Lipinski definition) is 4. The zero-order chi connectivity index (χ0) is 18.4. The van der Waals surface area contributed by atoms with Crippen LogP contribution >= 0.6 is 15.2 Å². The predicted octanol–water partition coefficient (Wildman–Crippen LogP) is 1.65. The lowest BCUT2D eigenvalue weighted by Gasteiger charge is -2.33. The van der Waals surface area contributed by atoms with Crippen LogP contribution in [0.3, 0.4) is 0 Å². The van der Waals surface area contributed by atoms with Crippen molar-refractivity contribution in [2.45, 2.75) is 50.7 Å². The fourth-order valence-corrected chi connectivity index (χ4v) is 4.79. The molecule has 0 bridgehead atoms. The molecule has 1 saturated carbocycles. The quantitative estimate of drug-likeness (QED) is 0.404. The van der Waals surface area contributed by atoms with Crippen LogP contribution in [0.5, 0.6) is 0 Å². The van der Waals surface area contributed by atoms with E-state index < -0.39 is 64.5 Å². The van der Waals surface area contributed by atoms with Gasteiger partial charge < -0.3 is 29.0 Å². The molecule has 0 aromatic rings. The Morgan fingerprint density at radius 1 is 0.833 bits per heavy atom.